The number of hydrogen-bond donors (Lipinski definition) is 1. The van der Waals surface area contributed by atoms with Gasteiger partial charge < -0.3 is 5.21 Å². The zero-order valence-corrected chi connectivity index (χ0v) is 8.43. The Balaban J connectivity index is 0. The summed E-state index contributed by atoms with van der Waals surface area (Å²) in [6, 6.07) is 0. The normalized spacial score (nSPS) is 10.0. The van der Waals surface area contributed by atoms with Gasteiger partial charge >= 0.3 is 0 Å². The summed E-state index contributed by atoms with van der Waals surface area (Å²) >= 11 is 0. The van der Waals surface area contributed by atoms with Crippen molar-refractivity contribution in [2.75, 3.05) is 0 Å². The van der Waals surface area contributed by atoms with Gasteiger partial charge in [-0.25, -0.2) is 0 Å². The fourth-order valence-electron chi connectivity index (χ4n) is 0.0704. The van der Waals surface area contributed by atoms with Crippen LogP contribution in [0.5, 0.6) is 0 Å². The molecule has 1 N–H and O–H groups in total. The molecule has 8 heavy (non-hydrogen) atoms. The fourth-order valence-corrected chi connectivity index (χ4v) is 0.0704. The second-order valence-corrected chi connectivity index (χ2v) is 1.24. The van der Waals surface area contributed by atoms with Gasteiger partial charge in [0.25, 0.3) is 0 Å². The zero-order chi connectivity index (χ0) is 5.86. The van der Waals surface area contributed by atoms with Gasteiger partial charge in [0, 0.05) is 58.3 Å². The molecule has 0 heterocycles. The van der Waals surface area contributed by atoms with E-state index < -0.39 is 0 Å². The summed E-state index contributed by atoms with van der Waals surface area (Å²) in [6.07, 6.45) is 0. The molecule has 0 fully saturated rings. The van der Waals surface area contributed by atoms with Crippen LogP contribution in [0, 0.1) is 0 Å². The average molecular weight is 140 g/mol. The van der Waals surface area contributed by atoms with Gasteiger partial charge in [-0.3, -0.25) is 4.79 Å². The Bertz CT molecular complexity index is 111. The standard InChI is InChI=1S/C4H7NO2.K/c1-3(5-7)4(2)6;/h7H,1-2H3;. The number of nitrogens with zero attached hydrogens (tertiary/aromatic N) is 1. The smallest absolute Gasteiger partial charge is 0.177 e. The van der Waals surface area contributed by atoms with Crippen LogP contribution in [0.1, 0.15) is 13.8 Å². The van der Waals surface area contributed by atoms with Gasteiger partial charge in [-0.2, -0.15) is 0 Å². The Morgan fingerprint density at radius 3 is 1.88 bits per heavy atom. The predicted octanol–water partition coefficient (Wildman–Crippen LogP) is 0.0447. The van der Waals surface area contributed by atoms with Crippen LogP contribution in [0.4, 0.5) is 0 Å². The van der Waals surface area contributed by atoms with Gasteiger partial charge in [0.05, 0.1) is 0 Å². The summed E-state index contributed by atoms with van der Waals surface area (Å²) in [7, 11) is 0. The maximum Gasteiger partial charge on any atom is 0.177 e. The minimum absolute atomic E-state index is 0. The van der Waals surface area contributed by atoms with Crippen molar-refractivity contribution in [1.29, 1.82) is 0 Å². The molecule has 0 rings (SSSR count). The largest absolute Gasteiger partial charge is 0.411 e. The molecule has 41 valence electrons. The predicted molar refractivity (Wildman–Crippen MR) is 31.3 cm³/mol. The second kappa shape index (κ2) is 5.90. The van der Waals surface area contributed by atoms with Crippen LogP contribution >= 0.6 is 0 Å². The summed E-state index contributed by atoms with van der Waals surface area (Å²) in [4.78, 5) is 10.1. The number of carbonyl (C=O) groups is 1. The molecule has 0 aromatic rings. The Morgan fingerprint density at radius 2 is 1.88 bits per heavy atom. The van der Waals surface area contributed by atoms with Gasteiger partial charge in [-0.05, 0) is 6.92 Å². The molecular weight excluding hydrogens is 133 g/mol. The molecule has 0 aliphatic carbocycles. The number of Topliss-reactive ketones (excluding diaryl/α,β-unsaturated/α-hetero) is 1. The summed E-state index contributed by atoms with van der Waals surface area (Å²) < 4.78 is 0. The number of oxime groups is 1. The van der Waals surface area contributed by atoms with Crippen LogP contribution in [0.15, 0.2) is 5.16 Å². The number of hydrogen-bond acceptors (Lipinski definition) is 3. The van der Waals surface area contributed by atoms with E-state index in [1.807, 2.05) is 0 Å². The Morgan fingerprint density at radius 1 is 1.50 bits per heavy atom. The second-order valence-electron chi connectivity index (χ2n) is 1.24. The molecule has 0 atom stereocenters. The molecule has 0 saturated heterocycles. The molecule has 0 amide bonds. The minimum Gasteiger partial charge on any atom is -0.411 e. The first-order valence-corrected chi connectivity index (χ1v) is 1.88. The van der Waals surface area contributed by atoms with Crippen molar-refractivity contribution in [2.24, 2.45) is 5.16 Å². The maximum absolute atomic E-state index is 10.1. The first kappa shape index (κ1) is 11.6. The van der Waals surface area contributed by atoms with Crippen molar-refractivity contribution >= 4 is 62.9 Å². The van der Waals surface area contributed by atoms with Crippen molar-refractivity contribution in [3.8, 4) is 0 Å². The minimum atomic E-state index is -0.206. The van der Waals surface area contributed by atoms with Gasteiger partial charge in [-0.15, -0.1) is 0 Å². The molecule has 0 aliphatic heterocycles. The Hall–Kier alpha value is 0.776. The molecule has 0 spiro atoms. The number of carbonyl (C=O) groups excluding carboxylic acids is 1. The average Bonchev–Trinajstić information content (AvgIpc) is 1.65. The summed E-state index contributed by atoms with van der Waals surface area (Å²) in [5.41, 5.74) is 0.139. The van der Waals surface area contributed by atoms with Crippen LogP contribution < -0.4 is 0 Å². The topological polar surface area (TPSA) is 49.7 Å². The van der Waals surface area contributed by atoms with Crippen LogP contribution in [0.3, 0.4) is 0 Å². The van der Waals surface area contributed by atoms with Crippen LogP contribution in [-0.4, -0.2) is 68.1 Å². The van der Waals surface area contributed by atoms with Gasteiger partial charge in [-0.1, -0.05) is 5.16 Å². The van der Waals surface area contributed by atoms with Gasteiger partial charge in [0.2, 0.25) is 0 Å². The van der Waals surface area contributed by atoms with E-state index in [1.165, 1.54) is 13.8 Å². The molecule has 0 saturated carbocycles. The van der Waals surface area contributed by atoms with Crippen molar-refractivity contribution in [2.45, 2.75) is 13.8 Å². The molecule has 0 aliphatic rings. The molecule has 0 aromatic heterocycles. The molecule has 1 radical (unpaired) electrons. The van der Waals surface area contributed by atoms with E-state index in [0.717, 1.165) is 0 Å². The first-order valence-electron chi connectivity index (χ1n) is 1.88. The van der Waals surface area contributed by atoms with E-state index in [9.17, 15) is 4.79 Å². The Labute approximate surface area is 90.6 Å². The van der Waals surface area contributed by atoms with Crippen LogP contribution in [-0.2, 0) is 4.79 Å². The van der Waals surface area contributed by atoms with E-state index in [0.29, 0.717) is 0 Å². The summed E-state index contributed by atoms with van der Waals surface area (Å²) in [5, 5.41) is 10.5. The van der Waals surface area contributed by atoms with Gasteiger partial charge in [0.15, 0.2) is 5.78 Å². The van der Waals surface area contributed by atoms with E-state index >= 15 is 0 Å². The maximum atomic E-state index is 10.1. The number of rotatable bonds is 1. The van der Waals surface area contributed by atoms with Crippen molar-refractivity contribution in [3.05, 3.63) is 0 Å². The van der Waals surface area contributed by atoms with Crippen molar-refractivity contribution < 1.29 is 10.0 Å². The zero-order valence-electron chi connectivity index (χ0n) is 5.30. The van der Waals surface area contributed by atoms with E-state index in [-0.39, 0.29) is 62.9 Å². The Kier molecular flexibility index (Phi) is 8.53. The van der Waals surface area contributed by atoms with Crippen LogP contribution in [0.25, 0.3) is 0 Å². The third-order valence-corrected chi connectivity index (χ3v) is 0.660. The molecule has 0 unspecified atom stereocenters. The van der Waals surface area contributed by atoms with E-state index in [4.69, 9.17) is 5.21 Å². The molecular formula is C4H7KNO2. The van der Waals surface area contributed by atoms with Crippen molar-refractivity contribution in [1.82, 2.24) is 0 Å². The summed E-state index contributed by atoms with van der Waals surface area (Å²) in [6.45, 7) is 2.79. The molecule has 3 nitrogen and oxygen atoms in total. The third-order valence-electron chi connectivity index (χ3n) is 0.660. The molecule has 4 heteroatoms. The van der Waals surface area contributed by atoms with E-state index in [1.54, 1.807) is 0 Å². The fraction of sp³-hybridized carbons (Fsp3) is 0.500. The van der Waals surface area contributed by atoms with Gasteiger partial charge in [0.1, 0.15) is 5.71 Å². The number of ketones is 1. The quantitative estimate of drug-likeness (QED) is 0.242. The monoisotopic (exact) mass is 140 g/mol. The van der Waals surface area contributed by atoms with Crippen molar-refractivity contribution in [3.63, 3.8) is 0 Å². The van der Waals surface area contributed by atoms with Crippen LogP contribution in [0.2, 0.25) is 0 Å². The SMILES string of the molecule is CC(=O)C(C)=NO.[K]. The summed E-state index contributed by atoms with van der Waals surface area (Å²) in [5.74, 6) is -0.206. The third kappa shape index (κ3) is 4.92. The van der Waals surface area contributed by atoms with E-state index in [2.05, 4.69) is 5.16 Å². The first-order chi connectivity index (χ1) is 3.18. The molecule has 0 bridgehead atoms. The molecule has 0 aromatic carbocycles.